The smallest absolute Gasteiger partial charge is 0.462 e. The Kier molecular flexibility index (Phi) is 5.47. The van der Waals surface area contributed by atoms with Crippen molar-refractivity contribution in [3.05, 3.63) is 0 Å². The summed E-state index contributed by atoms with van der Waals surface area (Å²) in [6.07, 6.45) is -180. The third-order valence-electron chi connectivity index (χ3n) is 3.55. The molecule has 0 radical (unpaired) electrons. The Morgan fingerprint density at radius 1 is 0.556 bits per heavy atom. The molecule has 0 fully saturated rings. The first-order valence-corrected chi connectivity index (χ1v) is 14.5. The molecule has 0 aliphatic rings. The van der Waals surface area contributed by atoms with Gasteiger partial charge in [0.05, 0.1) is 45.4 Å². The fourth-order valence-corrected chi connectivity index (χ4v) is 2.39. The van der Waals surface area contributed by atoms with E-state index in [1.165, 1.54) is 0 Å². The molecule has 9 nitrogen and oxygen atoms in total. The summed E-state index contributed by atoms with van der Waals surface area (Å²) < 4.78 is 709. The van der Waals surface area contributed by atoms with E-state index in [-0.39, 0.29) is 0 Å². The lowest BCUT2D eigenvalue weighted by atomic mass is 10.0. The van der Waals surface area contributed by atoms with Crippen LogP contribution < -0.4 is 0 Å². The summed E-state index contributed by atoms with van der Waals surface area (Å²) in [4.78, 5) is 39.2. The molecule has 1 unspecified atom stereocenters. The molecule has 0 saturated carbocycles. The highest BCUT2D eigenvalue weighted by atomic mass is 31.2. The van der Waals surface area contributed by atoms with Gasteiger partial charge in [0.15, 0.2) is 6.10 Å². The average molecular weight is 875 g/mol. The molecule has 322 valence electrons. The van der Waals surface area contributed by atoms with E-state index < -0.39 is 295 Å². The number of phosphoric acid groups is 1. The fourth-order valence-electron chi connectivity index (χ4n) is 1.83. The Morgan fingerprint density at radius 3 is 1.31 bits per heavy atom. The standard InChI is InChI=1S/C44H88NO8P/c1-6-8-10-12-14-16-18-20-22-24-26-28-30-32-34-36-43(46)50-40-42(41-52-54(48,49)51-39-38-45(3,4)5)53-44(47)37-35-33-31-29-27-25-23-21-19-17-15-13-11-9-7-2/h42H,6-41H2,1-5H3/p+1/t42-/m1/s1/i1D3,2D3,3D3,4D3,5D3,6D2,7D2,8D2,9D2,10D2,11D2,12D2,13D2,14D2,15D2,16D2,17D2,18D2,19D2,20D2,21D2,22D2,23D2,24D2,25D2,26D2,27D2,28D2,29D2,30D2,31D2,32D2,33D2,34D2,35D2,36D2,37D2,38D2,39D2. The van der Waals surface area contributed by atoms with Gasteiger partial charge in [0.2, 0.25) is 0 Å². The summed E-state index contributed by atoms with van der Waals surface area (Å²) in [5.41, 5.74) is 0. The second-order valence-electron chi connectivity index (χ2n) is 7.37. The van der Waals surface area contributed by atoms with Gasteiger partial charge in [0.1, 0.15) is 19.7 Å². The number of nitrogens with zero attached hydrogens (tertiary/aromatic N) is 1. The number of carbonyl (C=O) groups excluding carboxylic acids is 2. The molecule has 0 aliphatic heterocycles. The zero-order valence-electron chi connectivity index (χ0n) is 110. The molecule has 0 saturated heterocycles. The van der Waals surface area contributed by atoms with Crippen molar-refractivity contribution in [2.75, 3.05) is 47.2 Å². The molecule has 1 N–H and O–H groups in total. The molecule has 0 aromatic heterocycles. The number of likely N-dealkylation sites (N-methyl/N-ethyl adjacent to an activating group) is 1. The normalized spacial score (nSPS) is 46.5. The van der Waals surface area contributed by atoms with E-state index in [9.17, 15) is 19.0 Å². The zero-order chi connectivity index (χ0) is 113. The van der Waals surface area contributed by atoms with Crippen molar-refractivity contribution in [2.45, 2.75) is 224 Å². The monoisotopic (exact) mass is 874 g/mol. The Balaban J connectivity index is 9.08. The maximum Gasteiger partial charge on any atom is 0.472 e. The molecule has 10 heteroatoms. The van der Waals surface area contributed by atoms with Crippen molar-refractivity contribution in [2.24, 2.45) is 0 Å². The van der Waals surface area contributed by atoms with Crippen LogP contribution in [0.15, 0.2) is 0 Å². The lowest BCUT2D eigenvalue weighted by Gasteiger charge is -2.24. The highest BCUT2D eigenvalue weighted by Gasteiger charge is 2.27. The van der Waals surface area contributed by atoms with Crippen molar-refractivity contribution in [1.29, 1.82) is 0 Å². The average Bonchev–Trinajstić information content (AvgIpc) is 0.663. The highest BCUT2D eigenvalue weighted by Crippen LogP contribution is 2.43. The van der Waals surface area contributed by atoms with Crippen LogP contribution >= 0.6 is 7.82 Å². The topological polar surface area (TPSA) is 108 Å². The van der Waals surface area contributed by atoms with Crippen LogP contribution in [-0.4, -0.2) is 74.6 Å². The van der Waals surface area contributed by atoms with Gasteiger partial charge in [-0.15, -0.1) is 0 Å². The van der Waals surface area contributed by atoms with Gasteiger partial charge in [0, 0.05) is 109 Å². The number of hydrogen-bond donors (Lipinski definition) is 1. The second-order valence-corrected chi connectivity index (χ2v) is 8.74. The Morgan fingerprint density at radius 2 is 0.926 bits per heavy atom. The first-order valence-electron chi connectivity index (χ1n) is 54.5. The fraction of sp³-hybridized carbons (Fsp3) is 0.955. The van der Waals surface area contributed by atoms with Crippen LogP contribution in [0.4, 0.5) is 0 Å². The summed E-state index contributed by atoms with van der Waals surface area (Å²) in [6.45, 7) is -39.7. The molecule has 0 spiro atoms. The maximum absolute atomic E-state index is 14.3. The van der Waals surface area contributed by atoms with Crippen LogP contribution in [-0.2, 0) is 32.7 Å². The van der Waals surface area contributed by atoms with Gasteiger partial charge in [-0.3, -0.25) is 18.6 Å². The zero-order valence-corrected chi connectivity index (χ0v) is 27.6. The van der Waals surface area contributed by atoms with Crippen LogP contribution in [0.3, 0.4) is 0 Å². The van der Waals surface area contributed by atoms with E-state index in [4.69, 9.17) is 114 Å². The first kappa shape index (κ1) is 7.87. The second kappa shape index (κ2) is 37.6. The molecule has 0 aromatic carbocycles. The molecule has 2 atom stereocenters. The van der Waals surface area contributed by atoms with Crippen LogP contribution in [0.2, 0.25) is 0 Å². The van der Waals surface area contributed by atoms with Crippen molar-refractivity contribution in [3.8, 4) is 0 Å². The highest BCUT2D eigenvalue weighted by molar-refractivity contribution is 7.47. The third-order valence-corrected chi connectivity index (χ3v) is 4.35. The van der Waals surface area contributed by atoms with Gasteiger partial charge in [-0.05, 0) is 12.7 Å². The minimum Gasteiger partial charge on any atom is -0.462 e. The predicted octanol–water partition coefficient (Wildman–Crippen LogP) is 12.8. The Labute approximate surface area is 450 Å². The number of rotatable bonds is 42. The van der Waals surface area contributed by atoms with Crippen molar-refractivity contribution in [3.63, 3.8) is 0 Å². The van der Waals surface area contributed by atoms with E-state index >= 15 is 0 Å². The number of esters is 2. The van der Waals surface area contributed by atoms with E-state index in [1.54, 1.807) is 0 Å². The number of phosphoric ester groups is 1. The minimum atomic E-state index is -7.28. The van der Waals surface area contributed by atoms with Gasteiger partial charge >= 0.3 is 19.8 Å². The van der Waals surface area contributed by atoms with Crippen LogP contribution in [0.1, 0.15) is 331 Å². The summed E-state index contributed by atoms with van der Waals surface area (Å²) in [5, 5.41) is 0. The summed E-state index contributed by atoms with van der Waals surface area (Å²) >= 11 is 0. The first-order chi connectivity index (χ1) is 57.6. The number of carbonyl (C=O) groups is 2. The molecular formula is C44H89NO8P+. The molecule has 0 bridgehead atoms. The molecule has 0 rings (SSSR count). The molecular weight excluding hydrogens is 701 g/mol. The third kappa shape index (κ3) is 40.7. The van der Waals surface area contributed by atoms with Gasteiger partial charge in [0.25, 0.3) is 0 Å². The lowest BCUT2D eigenvalue weighted by molar-refractivity contribution is -0.870. The largest absolute Gasteiger partial charge is 0.472 e. The molecule has 54 heavy (non-hydrogen) atoms. The van der Waals surface area contributed by atoms with E-state index in [1.807, 2.05) is 0 Å². The van der Waals surface area contributed by atoms with Crippen molar-refractivity contribution < 1.29 is 156 Å². The Hall–Kier alpha value is -0.990. The SMILES string of the molecule is [2H]C([2H])([2H])C([2H])([2H])C([2H])([2H])C([2H])([2H])C([2H])([2H])C([2H])([2H])C([2H])([2H])C([2H])([2H])C([2H])([2H])C([2H])([2H])C([2H])([2H])C([2H])([2H])C([2H])([2H])C([2H])([2H])C([2H])([2H])C([2H])([2H])C([2H])([2H])C(=O)OC[C@H](COP(=O)(O)OC([2H])([2H])C([2H])([2H])[N+](C([2H])([2H])[2H])(C([2H])([2H])[2H])C([2H])([2H])[2H])OC(=O)C([2H])([2H])C([2H])([2H])C([2H])([2H])C([2H])([2H])C([2H])([2H])C([2H])([2H])C([2H])([2H])C([2H])([2H])C([2H])([2H])C([2H])([2H])C([2H])([2H])C([2H])([2H])C([2H])([2H])C([2H])([2H])C([2H])([2H])C([2H])([2H])C([2H])([2H])[2H]. The molecule has 0 aromatic rings. The quantitative estimate of drug-likeness (QED) is 0.0367. The molecule has 0 aliphatic carbocycles. The molecule has 0 heterocycles. The lowest BCUT2D eigenvalue weighted by Crippen LogP contribution is -2.37. The van der Waals surface area contributed by atoms with Gasteiger partial charge < -0.3 is 18.9 Å². The van der Waals surface area contributed by atoms with Gasteiger partial charge in [-0.2, -0.15) is 0 Å². The number of quaternary nitrogens is 1. The van der Waals surface area contributed by atoms with Crippen molar-refractivity contribution in [1.82, 2.24) is 0 Å². The van der Waals surface area contributed by atoms with Crippen LogP contribution in [0, 0.1) is 0 Å². The summed E-state index contributed by atoms with van der Waals surface area (Å²) in [6, 6.07) is 0. The van der Waals surface area contributed by atoms with Gasteiger partial charge in [-0.1, -0.05) is 192 Å². The minimum absolute atomic E-state index is 2.74. The summed E-state index contributed by atoms with van der Waals surface area (Å²) in [7, 11) is -7.28. The van der Waals surface area contributed by atoms with Crippen LogP contribution in [0.5, 0.6) is 0 Å². The van der Waals surface area contributed by atoms with E-state index in [2.05, 4.69) is 18.5 Å². The number of ether oxygens (including phenoxy) is 2. The summed E-state index contributed by atoms with van der Waals surface area (Å²) in [5.74, 6) is -6.88. The van der Waals surface area contributed by atoms with Crippen LogP contribution in [0.25, 0.3) is 0 Å². The predicted molar refractivity (Wildman–Crippen MR) is 225 cm³/mol. The van der Waals surface area contributed by atoms with Crippen molar-refractivity contribution >= 4 is 19.8 Å². The number of hydrogen-bond acceptors (Lipinski definition) is 7. The van der Waals surface area contributed by atoms with Gasteiger partial charge in [-0.25, -0.2) is 4.57 Å². The molecule has 0 amide bonds. The Bertz CT molecular complexity index is 4320. The van der Waals surface area contributed by atoms with E-state index in [0.29, 0.717) is 0 Å². The maximum atomic E-state index is 14.3. The van der Waals surface area contributed by atoms with E-state index in [0.717, 1.165) is 0 Å².